The fraction of sp³-hybridized carbons (Fsp3) is 0.214. The summed E-state index contributed by atoms with van der Waals surface area (Å²) in [7, 11) is 0. The topological polar surface area (TPSA) is 68.3 Å². The first kappa shape index (κ1) is 13.1. The van der Waals surface area contributed by atoms with E-state index in [4.69, 9.17) is 10.2 Å². The van der Waals surface area contributed by atoms with Gasteiger partial charge in [-0.05, 0) is 44.2 Å². The molecule has 1 heterocycles. The first-order chi connectivity index (χ1) is 8.97. The third kappa shape index (κ3) is 2.93. The number of nitrogen functional groups attached to an aromatic ring is 1. The number of benzene rings is 1. The number of nitrogens with one attached hydrogen (secondary N) is 1. The SMILES string of the molecule is Cc1ccc(C(C)NC(=O)c2ccc(F)cc2N)o1. The highest BCUT2D eigenvalue weighted by Gasteiger charge is 2.16. The lowest BCUT2D eigenvalue weighted by Gasteiger charge is -2.12. The van der Waals surface area contributed by atoms with Crippen LogP contribution in [0.4, 0.5) is 10.1 Å². The van der Waals surface area contributed by atoms with Crippen molar-refractivity contribution in [2.75, 3.05) is 5.73 Å². The van der Waals surface area contributed by atoms with Crippen LogP contribution in [0.2, 0.25) is 0 Å². The van der Waals surface area contributed by atoms with E-state index < -0.39 is 5.82 Å². The molecule has 0 fully saturated rings. The standard InChI is InChI=1S/C14H15FN2O2/c1-8-3-6-13(19-8)9(2)17-14(18)11-5-4-10(15)7-12(11)16/h3-7,9H,16H2,1-2H3,(H,17,18). The summed E-state index contributed by atoms with van der Waals surface area (Å²) < 4.78 is 18.3. The van der Waals surface area contributed by atoms with Gasteiger partial charge >= 0.3 is 0 Å². The maximum Gasteiger partial charge on any atom is 0.253 e. The molecule has 0 aliphatic heterocycles. The van der Waals surface area contributed by atoms with E-state index in [1.807, 2.05) is 13.0 Å². The molecule has 3 N–H and O–H groups in total. The van der Waals surface area contributed by atoms with Crippen molar-refractivity contribution in [3.05, 3.63) is 53.2 Å². The number of nitrogens with two attached hydrogens (primary N) is 1. The molecule has 1 aromatic heterocycles. The average Bonchev–Trinajstić information content (AvgIpc) is 2.75. The lowest BCUT2D eigenvalue weighted by molar-refractivity contribution is 0.0936. The predicted octanol–water partition coefficient (Wildman–Crippen LogP) is 2.80. The second kappa shape index (κ2) is 5.14. The molecule has 1 amide bonds. The normalized spacial score (nSPS) is 12.2. The van der Waals surface area contributed by atoms with Crippen LogP contribution in [-0.2, 0) is 0 Å². The van der Waals surface area contributed by atoms with Crippen molar-refractivity contribution in [2.45, 2.75) is 19.9 Å². The highest BCUT2D eigenvalue weighted by molar-refractivity contribution is 5.99. The zero-order chi connectivity index (χ0) is 14.0. The Morgan fingerprint density at radius 1 is 1.37 bits per heavy atom. The summed E-state index contributed by atoms with van der Waals surface area (Å²) in [5, 5.41) is 2.75. The van der Waals surface area contributed by atoms with Crippen LogP contribution in [0.3, 0.4) is 0 Å². The number of anilines is 1. The minimum Gasteiger partial charge on any atom is -0.464 e. The number of carbonyl (C=O) groups excluding carboxylic acids is 1. The minimum atomic E-state index is -0.469. The van der Waals surface area contributed by atoms with Gasteiger partial charge in [-0.25, -0.2) is 4.39 Å². The van der Waals surface area contributed by atoms with Gasteiger partial charge < -0.3 is 15.5 Å². The molecule has 19 heavy (non-hydrogen) atoms. The molecule has 1 unspecified atom stereocenters. The lowest BCUT2D eigenvalue weighted by Crippen LogP contribution is -2.27. The molecule has 4 nitrogen and oxygen atoms in total. The number of aryl methyl sites for hydroxylation is 1. The number of carbonyl (C=O) groups is 1. The van der Waals surface area contributed by atoms with E-state index in [0.717, 1.165) is 11.8 Å². The zero-order valence-corrected chi connectivity index (χ0v) is 10.7. The van der Waals surface area contributed by atoms with E-state index in [9.17, 15) is 9.18 Å². The van der Waals surface area contributed by atoms with Crippen molar-refractivity contribution in [3.63, 3.8) is 0 Å². The summed E-state index contributed by atoms with van der Waals surface area (Å²) in [6, 6.07) is 7.02. The molecule has 2 aromatic rings. The van der Waals surface area contributed by atoms with Crippen molar-refractivity contribution < 1.29 is 13.6 Å². The smallest absolute Gasteiger partial charge is 0.253 e. The Hall–Kier alpha value is -2.30. The Kier molecular flexibility index (Phi) is 3.55. The Labute approximate surface area is 110 Å². The van der Waals surface area contributed by atoms with Gasteiger partial charge in [0.15, 0.2) is 0 Å². The molecular formula is C14H15FN2O2. The molecule has 0 saturated carbocycles. The Balaban J connectivity index is 2.12. The van der Waals surface area contributed by atoms with Crippen LogP contribution in [-0.4, -0.2) is 5.91 Å². The molecular weight excluding hydrogens is 247 g/mol. The minimum absolute atomic E-state index is 0.111. The summed E-state index contributed by atoms with van der Waals surface area (Å²) >= 11 is 0. The maximum atomic E-state index is 12.9. The number of halogens is 1. The van der Waals surface area contributed by atoms with Crippen LogP contribution < -0.4 is 11.1 Å². The summed E-state index contributed by atoms with van der Waals surface area (Å²) in [5.41, 5.74) is 5.97. The monoisotopic (exact) mass is 262 g/mol. The summed E-state index contributed by atoms with van der Waals surface area (Å²) in [6.07, 6.45) is 0. The van der Waals surface area contributed by atoms with Crippen LogP contribution >= 0.6 is 0 Å². The van der Waals surface area contributed by atoms with Gasteiger partial charge in [0.2, 0.25) is 0 Å². The molecule has 0 aliphatic carbocycles. The van der Waals surface area contributed by atoms with Crippen molar-refractivity contribution in [1.82, 2.24) is 5.32 Å². The third-order valence-electron chi connectivity index (χ3n) is 2.79. The highest BCUT2D eigenvalue weighted by atomic mass is 19.1. The van der Waals surface area contributed by atoms with Crippen molar-refractivity contribution in [1.29, 1.82) is 0 Å². The number of hydrogen-bond acceptors (Lipinski definition) is 3. The number of hydrogen-bond donors (Lipinski definition) is 2. The first-order valence-electron chi connectivity index (χ1n) is 5.89. The summed E-state index contributed by atoms with van der Waals surface area (Å²) in [6.45, 7) is 3.63. The van der Waals surface area contributed by atoms with Crippen LogP contribution in [0.5, 0.6) is 0 Å². The summed E-state index contributed by atoms with van der Waals surface area (Å²) in [4.78, 5) is 12.0. The van der Waals surface area contributed by atoms with Gasteiger partial charge in [-0.15, -0.1) is 0 Å². The highest BCUT2D eigenvalue weighted by Crippen LogP contribution is 2.18. The second-order valence-corrected chi connectivity index (χ2v) is 4.38. The zero-order valence-electron chi connectivity index (χ0n) is 10.7. The molecule has 0 saturated heterocycles. The van der Waals surface area contributed by atoms with Gasteiger partial charge in [0, 0.05) is 5.69 Å². The van der Waals surface area contributed by atoms with Gasteiger partial charge in [-0.1, -0.05) is 0 Å². The van der Waals surface area contributed by atoms with Crippen LogP contribution in [0.1, 0.15) is 34.8 Å². The molecule has 0 aliphatic rings. The van der Waals surface area contributed by atoms with Crippen molar-refractivity contribution >= 4 is 11.6 Å². The van der Waals surface area contributed by atoms with Gasteiger partial charge in [-0.3, -0.25) is 4.79 Å². The van der Waals surface area contributed by atoms with Crippen LogP contribution in [0.25, 0.3) is 0 Å². The number of amides is 1. The Bertz CT molecular complexity index is 607. The maximum absolute atomic E-state index is 12.9. The fourth-order valence-corrected chi connectivity index (χ4v) is 1.77. The van der Waals surface area contributed by atoms with Crippen LogP contribution in [0, 0.1) is 12.7 Å². The Morgan fingerprint density at radius 2 is 2.11 bits per heavy atom. The fourth-order valence-electron chi connectivity index (χ4n) is 1.77. The van der Waals surface area contributed by atoms with Crippen molar-refractivity contribution in [2.24, 2.45) is 0 Å². The quantitative estimate of drug-likeness (QED) is 0.836. The van der Waals surface area contributed by atoms with Crippen molar-refractivity contribution in [3.8, 4) is 0 Å². The van der Waals surface area contributed by atoms with Gasteiger partial charge in [0.1, 0.15) is 17.3 Å². The molecule has 0 radical (unpaired) electrons. The molecule has 0 bridgehead atoms. The third-order valence-corrected chi connectivity index (χ3v) is 2.79. The second-order valence-electron chi connectivity index (χ2n) is 4.38. The van der Waals surface area contributed by atoms with Gasteiger partial charge in [-0.2, -0.15) is 0 Å². The Morgan fingerprint density at radius 3 is 2.68 bits per heavy atom. The van der Waals surface area contributed by atoms with E-state index in [1.54, 1.807) is 13.0 Å². The van der Waals surface area contributed by atoms with E-state index in [2.05, 4.69) is 5.32 Å². The van der Waals surface area contributed by atoms with Crippen LogP contribution in [0.15, 0.2) is 34.7 Å². The molecule has 1 atom stereocenters. The lowest BCUT2D eigenvalue weighted by atomic mass is 10.1. The van der Waals surface area contributed by atoms with Gasteiger partial charge in [0.25, 0.3) is 5.91 Å². The van der Waals surface area contributed by atoms with E-state index in [-0.39, 0.29) is 23.2 Å². The first-order valence-corrected chi connectivity index (χ1v) is 5.89. The predicted molar refractivity (Wildman–Crippen MR) is 70.1 cm³/mol. The number of furan rings is 1. The largest absolute Gasteiger partial charge is 0.464 e. The summed E-state index contributed by atoms with van der Waals surface area (Å²) in [5.74, 6) is 0.603. The van der Waals surface area contributed by atoms with E-state index in [1.165, 1.54) is 12.1 Å². The molecule has 100 valence electrons. The molecule has 2 rings (SSSR count). The molecule has 5 heteroatoms. The molecule has 1 aromatic carbocycles. The average molecular weight is 262 g/mol. The van der Waals surface area contributed by atoms with E-state index in [0.29, 0.717) is 5.76 Å². The van der Waals surface area contributed by atoms with Gasteiger partial charge in [0.05, 0.1) is 11.6 Å². The molecule has 0 spiro atoms. The number of rotatable bonds is 3. The van der Waals surface area contributed by atoms with E-state index >= 15 is 0 Å².